The van der Waals surface area contributed by atoms with Crippen molar-refractivity contribution in [3.63, 3.8) is 0 Å². The molecule has 0 saturated carbocycles. The third-order valence-electron chi connectivity index (χ3n) is 3.11. The van der Waals surface area contributed by atoms with Crippen LogP contribution in [0.2, 0.25) is 0 Å². The Morgan fingerprint density at radius 1 is 1.00 bits per heavy atom. The number of halogens is 3. The highest BCUT2D eigenvalue weighted by molar-refractivity contribution is 5.44. The third-order valence-corrected chi connectivity index (χ3v) is 3.11. The lowest BCUT2D eigenvalue weighted by molar-refractivity contribution is 0.447. The van der Waals surface area contributed by atoms with Crippen molar-refractivity contribution in [2.45, 2.75) is 25.8 Å². The minimum absolute atomic E-state index is 0.0273. The molecule has 1 N–H and O–H groups in total. The maximum absolute atomic E-state index is 13.1. The molecule has 0 fully saturated rings. The number of benzene rings is 2. The summed E-state index contributed by atoms with van der Waals surface area (Å²) in [7, 11) is 0. The van der Waals surface area contributed by atoms with Crippen LogP contribution in [-0.4, -0.2) is 6.04 Å². The molecule has 1 atom stereocenters. The van der Waals surface area contributed by atoms with Gasteiger partial charge in [-0.2, -0.15) is 0 Å². The van der Waals surface area contributed by atoms with Crippen LogP contribution in [0.1, 0.15) is 18.9 Å². The van der Waals surface area contributed by atoms with Gasteiger partial charge in [-0.25, -0.2) is 13.2 Å². The van der Waals surface area contributed by atoms with E-state index in [9.17, 15) is 13.2 Å². The SMILES string of the molecule is CC(CCc1ccccc1)Nc1cc(F)c(F)c(F)c1. The molecule has 0 amide bonds. The van der Waals surface area contributed by atoms with Crippen molar-refractivity contribution < 1.29 is 13.2 Å². The first-order chi connectivity index (χ1) is 9.56. The van der Waals surface area contributed by atoms with Gasteiger partial charge in [0.2, 0.25) is 0 Å². The monoisotopic (exact) mass is 279 g/mol. The summed E-state index contributed by atoms with van der Waals surface area (Å²) >= 11 is 0. The van der Waals surface area contributed by atoms with Crippen LogP contribution in [0.15, 0.2) is 42.5 Å². The first kappa shape index (κ1) is 14.4. The molecule has 2 aromatic carbocycles. The van der Waals surface area contributed by atoms with Crippen molar-refractivity contribution in [1.29, 1.82) is 0 Å². The molecular formula is C16H16F3N. The van der Waals surface area contributed by atoms with Crippen molar-refractivity contribution >= 4 is 5.69 Å². The summed E-state index contributed by atoms with van der Waals surface area (Å²) in [4.78, 5) is 0. The van der Waals surface area contributed by atoms with Gasteiger partial charge >= 0.3 is 0 Å². The summed E-state index contributed by atoms with van der Waals surface area (Å²) in [6.45, 7) is 1.92. The second kappa shape index (κ2) is 6.46. The van der Waals surface area contributed by atoms with E-state index >= 15 is 0 Å². The molecule has 2 aromatic rings. The zero-order valence-electron chi connectivity index (χ0n) is 11.2. The standard InChI is InChI=1S/C16H16F3N/c1-11(7-8-12-5-3-2-4-6-12)20-13-9-14(17)16(19)15(18)10-13/h2-6,9-11,20H,7-8H2,1H3. The van der Waals surface area contributed by atoms with Gasteiger partial charge in [-0.05, 0) is 25.3 Å². The first-order valence-electron chi connectivity index (χ1n) is 6.51. The Labute approximate surface area is 116 Å². The summed E-state index contributed by atoms with van der Waals surface area (Å²) < 4.78 is 39.0. The van der Waals surface area contributed by atoms with E-state index in [4.69, 9.17) is 0 Å². The predicted octanol–water partition coefficient (Wildman–Crippen LogP) is 4.54. The van der Waals surface area contributed by atoms with E-state index in [2.05, 4.69) is 5.32 Å². The number of nitrogens with one attached hydrogen (secondary N) is 1. The summed E-state index contributed by atoms with van der Waals surface area (Å²) in [6, 6.07) is 11.9. The van der Waals surface area contributed by atoms with E-state index in [1.54, 1.807) is 0 Å². The van der Waals surface area contributed by atoms with E-state index in [0.717, 1.165) is 25.0 Å². The van der Waals surface area contributed by atoms with Gasteiger partial charge in [-0.3, -0.25) is 0 Å². The van der Waals surface area contributed by atoms with Crippen LogP contribution in [0.25, 0.3) is 0 Å². The zero-order chi connectivity index (χ0) is 14.5. The average Bonchev–Trinajstić information content (AvgIpc) is 2.43. The quantitative estimate of drug-likeness (QED) is 0.792. The number of hydrogen-bond donors (Lipinski definition) is 1. The van der Waals surface area contributed by atoms with Crippen molar-refractivity contribution in [2.24, 2.45) is 0 Å². The Bertz CT molecular complexity index is 546. The molecule has 0 radical (unpaired) electrons. The summed E-state index contributed by atoms with van der Waals surface area (Å²) in [6.07, 6.45) is 1.67. The normalized spacial score (nSPS) is 12.2. The lowest BCUT2D eigenvalue weighted by Crippen LogP contribution is -2.16. The van der Waals surface area contributed by atoms with Gasteiger partial charge in [0.15, 0.2) is 17.5 Å². The average molecular weight is 279 g/mol. The van der Waals surface area contributed by atoms with E-state index in [-0.39, 0.29) is 11.7 Å². The maximum atomic E-state index is 13.1. The number of rotatable bonds is 5. The van der Waals surface area contributed by atoms with Gasteiger partial charge in [0.05, 0.1) is 0 Å². The van der Waals surface area contributed by atoms with Crippen molar-refractivity contribution in [3.05, 3.63) is 65.5 Å². The molecule has 0 aliphatic rings. The Hall–Kier alpha value is -1.97. The minimum atomic E-state index is -1.44. The smallest absolute Gasteiger partial charge is 0.194 e. The lowest BCUT2D eigenvalue weighted by Gasteiger charge is -2.15. The molecule has 0 spiro atoms. The van der Waals surface area contributed by atoms with E-state index in [1.165, 1.54) is 5.56 Å². The molecule has 4 heteroatoms. The van der Waals surface area contributed by atoms with Crippen LogP contribution >= 0.6 is 0 Å². The van der Waals surface area contributed by atoms with Crippen LogP contribution in [0, 0.1) is 17.5 Å². The fourth-order valence-electron chi connectivity index (χ4n) is 2.02. The van der Waals surface area contributed by atoms with Crippen LogP contribution in [0.4, 0.5) is 18.9 Å². The Morgan fingerprint density at radius 3 is 2.20 bits per heavy atom. The van der Waals surface area contributed by atoms with Crippen LogP contribution < -0.4 is 5.32 Å². The van der Waals surface area contributed by atoms with Gasteiger partial charge in [0.25, 0.3) is 0 Å². The molecular weight excluding hydrogens is 263 g/mol. The highest BCUT2D eigenvalue weighted by Gasteiger charge is 2.11. The van der Waals surface area contributed by atoms with Crippen molar-refractivity contribution in [3.8, 4) is 0 Å². The van der Waals surface area contributed by atoms with Gasteiger partial charge < -0.3 is 5.32 Å². The number of aryl methyl sites for hydroxylation is 1. The number of hydrogen-bond acceptors (Lipinski definition) is 1. The van der Waals surface area contributed by atoms with Crippen LogP contribution in [-0.2, 0) is 6.42 Å². The molecule has 1 nitrogen and oxygen atoms in total. The summed E-state index contributed by atoms with van der Waals surface area (Å²) in [5.74, 6) is -3.79. The van der Waals surface area contributed by atoms with Gasteiger partial charge in [-0.1, -0.05) is 30.3 Å². The van der Waals surface area contributed by atoms with Gasteiger partial charge in [-0.15, -0.1) is 0 Å². The minimum Gasteiger partial charge on any atom is -0.382 e. The molecule has 0 saturated heterocycles. The topological polar surface area (TPSA) is 12.0 Å². The molecule has 1 unspecified atom stereocenters. The van der Waals surface area contributed by atoms with E-state index in [0.29, 0.717) is 0 Å². The van der Waals surface area contributed by atoms with Crippen molar-refractivity contribution in [1.82, 2.24) is 0 Å². The fraction of sp³-hybridized carbons (Fsp3) is 0.250. The molecule has 0 bridgehead atoms. The molecule has 106 valence electrons. The fourth-order valence-corrected chi connectivity index (χ4v) is 2.02. The van der Waals surface area contributed by atoms with E-state index < -0.39 is 17.5 Å². The molecule has 0 heterocycles. The first-order valence-corrected chi connectivity index (χ1v) is 6.51. The Balaban J connectivity index is 1.93. The van der Waals surface area contributed by atoms with E-state index in [1.807, 2.05) is 37.3 Å². The highest BCUT2D eigenvalue weighted by Crippen LogP contribution is 2.19. The molecule has 20 heavy (non-hydrogen) atoms. The predicted molar refractivity (Wildman–Crippen MR) is 74.2 cm³/mol. The highest BCUT2D eigenvalue weighted by atomic mass is 19.2. The molecule has 0 aromatic heterocycles. The van der Waals surface area contributed by atoms with Crippen LogP contribution in [0.5, 0.6) is 0 Å². The second-order valence-electron chi connectivity index (χ2n) is 4.82. The zero-order valence-corrected chi connectivity index (χ0v) is 11.2. The summed E-state index contributed by atoms with van der Waals surface area (Å²) in [5, 5.41) is 2.97. The van der Waals surface area contributed by atoms with Gasteiger partial charge in [0, 0.05) is 23.9 Å². The van der Waals surface area contributed by atoms with Gasteiger partial charge in [0.1, 0.15) is 0 Å². The molecule has 0 aliphatic carbocycles. The third kappa shape index (κ3) is 3.76. The summed E-state index contributed by atoms with van der Waals surface area (Å²) in [5.41, 5.74) is 1.46. The number of anilines is 1. The maximum Gasteiger partial charge on any atom is 0.194 e. The lowest BCUT2D eigenvalue weighted by atomic mass is 10.1. The molecule has 0 aliphatic heterocycles. The Morgan fingerprint density at radius 2 is 1.60 bits per heavy atom. The van der Waals surface area contributed by atoms with Crippen LogP contribution in [0.3, 0.4) is 0 Å². The Kier molecular flexibility index (Phi) is 4.66. The largest absolute Gasteiger partial charge is 0.382 e. The second-order valence-corrected chi connectivity index (χ2v) is 4.82. The van der Waals surface area contributed by atoms with Crippen molar-refractivity contribution in [2.75, 3.05) is 5.32 Å². The molecule has 2 rings (SSSR count).